The average Bonchev–Trinajstić information content (AvgIpc) is 3.79. The molecule has 0 radical (unpaired) electrons. The number of anilines is 1. The topological polar surface area (TPSA) is 128 Å². The van der Waals surface area contributed by atoms with Crippen molar-refractivity contribution < 1.29 is 9.53 Å². The van der Waals surface area contributed by atoms with Crippen LogP contribution in [0.25, 0.3) is 22.6 Å². The van der Waals surface area contributed by atoms with Crippen LogP contribution in [0.4, 0.5) is 10.6 Å². The molecule has 11 nitrogen and oxygen atoms in total. The van der Waals surface area contributed by atoms with Gasteiger partial charge in [0, 0.05) is 37.0 Å². The molecule has 3 aliphatic carbocycles. The SMILES string of the molecule is Cc1ncnc(C2CC2)c1-c1ncc2nc(NCC3CC4(C3)CN(C(=O)OC(C)(C)C)C4)c(=O)n(C(C)C3CC3)c2n1. The maximum atomic E-state index is 13.9. The highest BCUT2D eigenvalue weighted by atomic mass is 16.6. The van der Waals surface area contributed by atoms with Crippen molar-refractivity contribution in [2.24, 2.45) is 17.3 Å². The molecule has 7 rings (SSSR count). The fourth-order valence-electron chi connectivity index (χ4n) is 6.87. The molecular weight excluding hydrogens is 532 g/mol. The van der Waals surface area contributed by atoms with Crippen LogP contribution in [-0.4, -0.2) is 65.7 Å². The number of rotatable bonds is 7. The number of hydrogen-bond acceptors (Lipinski definition) is 9. The lowest BCUT2D eigenvalue weighted by Crippen LogP contribution is -2.64. The Bertz CT molecular complexity index is 1610. The molecule has 3 aromatic heterocycles. The quantitative estimate of drug-likeness (QED) is 0.422. The fraction of sp³-hybridized carbons (Fsp3) is 0.645. The Hall–Kier alpha value is -3.63. The highest BCUT2D eigenvalue weighted by molar-refractivity contribution is 5.75. The minimum atomic E-state index is -0.482. The van der Waals surface area contributed by atoms with Gasteiger partial charge in [0.2, 0.25) is 0 Å². The number of likely N-dealkylation sites (tertiary alicyclic amines) is 1. The van der Waals surface area contributed by atoms with Crippen molar-refractivity contribution in [1.29, 1.82) is 0 Å². The van der Waals surface area contributed by atoms with Gasteiger partial charge in [-0.2, -0.15) is 0 Å². The number of aromatic nitrogens is 6. The van der Waals surface area contributed by atoms with Crippen LogP contribution >= 0.6 is 0 Å². The molecule has 4 aliphatic rings. The fourth-order valence-corrected chi connectivity index (χ4v) is 6.87. The summed E-state index contributed by atoms with van der Waals surface area (Å²) in [6, 6.07) is 0.0168. The molecule has 3 saturated carbocycles. The average molecular weight is 573 g/mol. The van der Waals surface area contributed by atoms with Gasteiger partial charge < -0.3 is 15.0 Å². The first-order valence-electron chi connectivity index (χ1n) is 15.3. The van der Waals surface area contributed by atoms with Gasteiger partial charge in [-0.1, -0.05) is 0 Å². The molecule has 1 spiro atoms. The summed E-state index contributed by atoms with van der Waals surface area (Å²) in [5.41, 5.74) is 3.46. The van der Waals surface area contributed by atoms with Gasteiger partial charge in [-0.15, -0.1) is 0 Å². The lowest BCUT2D eigenvalue weighted by molar-refractivity contribution is -0.0920. The van der Waals surface area contributed by atoms with Crippen LogP contribution in [0.1, 0.15) is 89.6 Å². The third-order valence-electron chi connectivity index (χ3n) is 9.30. The molecule has 0 bridgehead atoms. The number of amides is 1. The second-order valence-corrected chi connectivity index (χ2v) is 14.1. The normalized spacial score (nSPS) is 20.7. The minimum Gasteiger partial charge on any atom is -0.444 e. The monoisotopic (exact) mass is 572 g/mol. The predicted octanol–water partition coefficient (Wildman–Crippen LogP) is 4.86. The van der Waals surface area contributed by atoms with Crippen molar-refractivity contribution in [1.82, 2.24) is 34.4 Å². The smallest absolute Gasteiger partial charge is 0.410 e. The van der Waals surface area contributed by atoms with Crippen molar-refractivity contribution >= 4 is 23.1 Å². The molecule has 1 unspecified atom stereocenters. The molecule has 4 fully saturated rings. The predicted molar refractivity (Wildman–Crippen MR) is 158 cm³/mol. The summed E-state index contributed by atoms with van der Waals surface area (Å²) in [4.78, 5) is 51.4. The molecular formula is C31H40N8O3. The molecule has 42 heavy (non-hydrogen) atoms. The number of aryl methyl sites for hydroxylation is 1. The van der Waals surface area contributed by atoms with Crippen molar-refractivity contribution in [3.8, 4) is 11.4 Å². The number of nitrogens with one attached hydrogen (secondary N) is 1. The number of fused-ring (bicyclic) bond motifs is 1. The summed E-state index contributed by atoms with van der Waals surface area (Å²) >= 11 is 0. The molecule has 11 heteroatoms. The van der Waals surface area contributed by atoms with Crippen LogP contribution < -0.4 is 10.9 Å². The highest BCUT2D eigenvalue weighted by Crippen LogP contribution is 2.52. The largest absolute Gasteiger partial charge is 0.444 e. The van der Waals surface area contributed by atoms with Crippen LogP contribution in [0.3, 0.4) is 0 Å². The molecule has 1 amide bonds. The van der Waals surface area contributed by atoms with E-state index in [1.54, 1.807) is 17.4 Å². The second-order valence-electron chi connectivity index (χ2n) is 14.1. The van der Waals surface area contributed by atoms with E-state index in [0.717, 1.165) is 68.6 Å². The van der Waals surface area contributed by atoms with Gasteiger partial charge >= 0.3 is 6.09 Å². The molecule has 4 heterocycles. The number of carbonyl (C=O) groups is 1. The molecule has 1 aliphatic heterocycles. The van der Waals surface area contributed by atoms with Gasteiger partial charge in [0.1, 0.15) is 17.4 Å². The van der Waals surface area contributed by atoms with E-state index in [1.807, 2.05) is 32.3 Å². The first-order chi connectivity index (χ1) is 20.0. The van der Waals surface area contributed by atoms with Crippen molar-refractivity contribution in [2.75, 3.05) is 25.0 Å². The lowest BCUT2D eigenvalue weighted by atomic mass is 9.58. The summed E-state index contributed by atoms with van der Waals surface area (Å²) in [7, 11) is 0. The molecule has 0 aromatic carbocycles. The van der Waals surface area contributed by atoms with E-state index in [0.29, 0.717) is 47.1 Å². The standard InChI is InChI=1S/C31H40N8O3/c1-17-23(24(21-8-9-21)35-16-34-17)25-33-13-22-27(37-25)39(18(2)20-6-7-20)28(40)26(36-22)32-12-19-10-31(11-19)14-38(15-31)29(41)42-30(3,4)5/h13,16,18-21H,6-12,14-15H2,1-5H3,(H,32,36). The molecule has 1 N–H and O–H groups in total. The van der Waals surface area contributed by atoms with E-state index >= 15 is 0 Å². The van der Waals surface area contributed by atoms with Gasteiger partial charge in [0.15, 0.2) is 17.3 Å². The van der Waals surface area contributed by atoms with Crippen molar-refractivity contribution in [3.05, 3.63) is 34.3 Å². The van der Waals surface area contributed by atoms with Gasteiger partial charge in [-0.25, -0.2) is 29.7 Å². The van der Waals surface area contributed by atoms with Crippen LogP contribution in [0, 0.1) is 24.2 Å². The minimum absolute atomic E-state index is 0.0168. The van der Waals surface area contributed by atoms with Crippen LogP contribution in [0.5, 0.6) is 0 Å². The number of ether oxygens (including phenoxy) is 1. The van der Waals surface area contributed by atoms with Gasteiger partial charge in [-0.3, -0.25) is 9.36 Å². The lowest BCUT2D eigenvalue weighted by Gasteiger charge is -2.58. The molecule has 3 aromatic rings. The summed E-state index contributed by atoms with van der Waals surface area (Å²) in [5, 5.41) is 3.38. The van der Waals surface area contributed by atoms with Crippen LogP contribution in [0.2, 0.25) is 0 Å². The van der Waals surface area contributed by atoms with Gasteiger partial charge in [0.05, 0.1) is 23.1 Å². The zero-order chi connectivity index (χ0) is 29.4. The third-order valence-corrected chi connectivity index (χ3v) is 9.30. The Morgan fingerprint density at radius 1 is 1.12 bits per heavy atom. The maximum absolute atomic E-state index is 13.9. The van der Waals surface area contributed by atoms with Crippen molar-refractivity contribution in [3.63, 3.8) is 0 Å². The second kappa shape index (κ2) is 9.70. The first kappa shape index (κ1) is 27.2. The number of carbonyl (C=O) groups excluding carboxylic acids is 1. The molecule has 1 saturated heterocycles. The Morgan fingerprint density at radius 2 is 1.86 bits per heavy atom. The van der Waals surface area contributed by atoms with E-state index in [4.69, 9.17) is 19.7 Å². The summed E-state index contributed by atoms with van der Waals surface area (Å²) in [6.07, 6.45) is 9.61. The first-order valence-corrected chi connectivity index (χ1v) is 15.3. The van der Waals surface area contributed by atoms with Crippen LogP contribution in [0.15, 0.2) is 17.3 Å². The Morgan fingerprint density at radius 3 is 2.52 bits per heavy atom. The maximum Gasteiger partial charge on any atom is 0.410 e. The van der Waals surface area contributed by atoms with E-state index in [2.05, 4.69) is 22.2 Å². The van der Waals surface area contributed by atoms with Gasteiger partial charge in [0.25, 0.3) is 5.56 Å². The summed E-state index contributed by atoms with van der Waals surface area (Å²) < 4.78 is 7.34. The summed E-state index contributed by atoms with van der Waals surface area (Å²) in [5.74, 6) is 2.22. The Balaban J connectivity index is 1.10. The third kappa shape index (κ3) is 5.00. The van der Waals surface area contributed by atoms with E-state index in [-0.39, 0.29) is 23.1 Å². The van der Waals surface area contributed by atoms with Crippen LogP contribution in [-0.2, 0) is 4.74 Å². The number of nitrogens with zero attached hydrogens (tertiary/aromatic N) is 7. The Labute approximate surface area is 245 Å². The van der Waals surface area contributed by atoms with E-state index in [9.17, 15) is 9.59 Å². The van der Waals surface area contributed by atoms with Crippen molar-refractivity contribution in [2.45, 2.75) is 90.7 Å². The zero-order valence-electron chi connectivity index (χ0n) is 25.2. The zero-order valence-corrected chi connectivity index (χ0v) is 25.2. The van der Waals surface area contributed by atoms with E-state index in [1.165, 1.54) is 0 Å². The van der Waals surface area contributed by atoms with Gasteiger partial charge in [-0.05, 0) is 85.0 Å². The number of hydrogen-bond donors (Lipinski definition) is 1. The molecule has 222 valence electrons. The summed E-state index contributed by atoms with van der Waals surface area (Å²) in [6.45, 7) is 11.9. The molecule has 1 atom stereocenters. The Kier molecular flexibility index (Phi) is 6.29. The highest BCUT2D eigenvalue weighted by Gasteiger charge is 2.54. The van der Waals surface area contributed by atoms with E-state index < -0.39 is 5.60 Å².